The highest BCUT2D eigenvalue weighted by Gasteiger charge is 2.37. The number of barbiturate groups is 1. The maximum Gasteiger partial charge on any atom is 0.335 e. The third kappa shape index (κ3) is 2.66. The highest BCUT2D eigenvalue weighted by Crippen LogP contribution is 2.36. The summed E-state index contributed by atoms with van der Waals surface area (Å²) in [6, 6.07) is 7.61. The summed E-state index contributed by atoms with van der Waals surface area (Å²) in [5, 5.41) is 2.19. The van der Waals surface area contributed by atoms with Gasteiger partial charge < -0.3 is 9.47 Å². The van der Waals surface area contributed by atoms with Crippen LogP contribution in [-0.4, -0.2) is 24.6 Å². The van der Waals surface area contributed by atoms with E-state index in [1.165, 1.54) is 23.5 Å². The predicted octanol–water partition coefficient (Wildman–Crippen LogP) is 2.45. The molecule has 2 aliphatic heterocycles. The minimum Gasteiger partial charge on any atom is -0.454 e. The van der Waals surface area contributed by atoms with E-state index in [9.17, 15) is 14.4 Å². The lowest BCUT2D eigenvalue weighted by Gasteiger charge is -2.26. The Bertz CT molecular complexity index is 946. The zero-order valence-corrected chi connectivity index (χ0v) is 13.9. The molecular weight excluding hydrogens is 344 g/mol. The van der Waals surface area contributed by atoms with Gasteiger partial charge in [-0.15, -0.1) is 11.3 Å². The number of hydrogen-bond acceptors (Lipinski definition) is 6. The fraction of sp³-hybridized carbons (Fsp3) is 0.118. The number of fused-ring (bicyclic) bond motifs is 1. The minimum atomic E-state index is -0.798. The van der Waals surface area contributed by atoms with Crippen molar-refractivity contribution in [3.8, 4) is 11.5 Å². The highest BCUT2D eigenvalue weighted by atomic mass is 32.1. The number of thiophene rings is 1. The number of urea groups is 1. The standard InChI is InChI=1S/C17H12N2O5S/c1-9-2-4-11(25-9)7-12-15(20)18-17(22)19(16(12)21)10-3-5-13-14(6-10)24-8-23-13/h2-7H,8H2,1H3,(H,18,20,22)/b12-7+. The van der Waals surface area contributed by atoms with E-state index in [-0.39, 0.29) is 12.4 Å². The molecule has 0 spiro atoms. The first-order valence-corrected chi connectivity index (χ1v) is 8.22. The van der Waals surface area contributed by atoms with Crippen LogP contribution >= 0.6 is 11.3 Å². The van der Waals surface area contributed by atoms with Gasteiger partial charge in [0.2, 0.25) is 6.79 Å². The predicted molar refractivity (Wildman–Crippen MR) is 90.6 cm³/mol. The number of nitrogens with zero attached hydrogens (tertiary/aromatic N) is 1. The summed E-state index contributed by atoms with van der Waals surface area (Å²) in [5.74, 6) is -0.416. The van der Waals surface area contributed by atoms with Crippen molar-refractivity contribution in [2.75, 3.05) is 11.7 Å². The highest BCUT2D eigenvalue weighted by molar-refractivity contribution is 7.12. The van der Waals surface area contributed by atoms with Crippen molar-refractivity contribution in [1.82, 2.24) is 5.32 Å². The van der Waals surface area contributed by atoms with Crippen molar-refractivity contribution in [2.45, 2.75) is 6.92 Å². The molecule has 2 aliphatic rings. The van der Waals surface area contributed by atoms with Crippen LogP contribution in [0.4, 0.5) is 10.5 Å². The Labute approximate surface area is 146 Å². The SMILES string of the molecule is Cc1ccc(/C=C2\C(=O)NC(=O)N(c3ccc4c(c3)OCO4)C2=O)s1. The number of imide groups is 2. The van der Waals surface area contributed by atoms with E-state index >= 15 is 0 Å². The maximum atomic E-state index is 12.8. The average molecular weight is 356 g/mol. The molecular formula is C17H12N2O5S. The van der Waals surface area contributed by atoms with E-state index in [4.69, 9.17) is 9.47 Å². The monoisotopic (exact) mass is 356 g/mol. The second kappa shape index (κ2) is 5.75. The van der Waals surface area contributed by atoms with Crippen LogP contribution in [0.1, 0.15) is 9.75 Å². The van der Waals surface area contributed by atoms with Crippen LogP contribution in [0.25, 0.3) is 6.08 Å². The molecule has 1 aromatic carbocycles. The first-order chi connectivity index (χ1) is 12.0. The number of ether oxygens (including phenoxy) is 2. The molecule has 0 radical (unpaired) electrons. The smallest absolute Gasteiger partial charge is 0.335 e. The zero-order valence-electron chi connectivity index (χ0n) is 13.1. The molecule has 3 heterocycles. The van der Waals surface area contributed by atoms with Gasteiger partial charge in [-0.2, -0.15) is 0 Å². The second-order valence-electron chi connectivity index (χ2n) is 5.44. The van der Waals surface area contributed by atoms with Crippen LogP contribution in [0.15, 0.2) is 35.9 Å². The van der Waals surface area contributed by atoms with Crippen LogP contribution in [0.5, 0.6) is 11.5 Å². The number of nitrogens with one attached hydrogen (secondary N) is 1. The molecule has 1 N–H and O–H groups in total. The Hall–Kier alpha value is -3.13. The van der Waals surface area contributed by atoms with Gasteiger partial charge in [0.1, 0.15) is 5.57 Å². The first kappa shape index (κ1) is 15.4. The fourth-order valence-corrected chi connectivity index (χ4v) is 3.41. The van der Waals surface area contributed by atoms with E-state index in [0.717, 1.165) is 14.7 Å². The molecule has 0 aliphatic carbocycles. The quantitative estimate of drug-likeness (QED) is 0.660. The third-order valence-electron chi connectivity index (χ3n) is 3.76. The molecule has 0 saturated carbocycles. The number of aryl methyl sites for hydroxylation is 1. The molecule has 2 aromatic rings. The van der Waals surface area contributed by atoms with E-state index < -0.39 is 17.8 Å². The summed E-state index contributed by atoms with van der Waals surface area (Å²) in [6.45, 7) is 2.01. The van der Waals surface area contributed by atoms with Gasteiger partial charge in [0.25, 0.3) is 11.8 Å². The van der Waals surface area contributed by atoms with Crippen molar-refractivity contribution in [1.29, 1.82) is 0 Å². The molecule has 7 nitrogen and oxygen atoms in total. The second-order valence-corrected chi connectivity index (χ2v) is 6.76. The Morgan fingerprint density at radius 1 is 1.12 bits per heavy atom. The van der Waals surface area contributed by atoms with Crippen molar-refractivity contribution in [3.05, 3.63) is 45.7 Å². The zero-order chi connectivity index (χ0) is 17.6. The molecule has 4 rings (SSSR count). The first-order valence-electron chi connectivity index (χ1n) is 7.40. The summed E-state index contributed by atoms with van der Waals surface area (Å²) in [7, 11) is 0. The Kier molecular flexibility index (Phi) is 3.54. The van der Waals surface area contributed by atoms with Gasteiger partial charge in [0, 0.05) is 15.8 Å². The molecule has 4 amide bonds. The minimum absolute atomic E-state index is 0.0836. The molecule has 25 heavy (non-hydrogen) atoms. The summed E-state index contributed by atoms with van der Waals surface area (Å²) in [5.41, 5.74) is 0.201. The lowest BCUT2D eigenvalue weighted by atomic mass is 10.1. The van der Waals surface area contributed by atoms with Crippen molar-refractivity contribution >= 4 is 40.9 Å². The number of rotatable bonds is 2. The average Bonchev–Trinajstić information content (AvgIpc) is 3.19. The van der Waals surface area contributed by atoms with Crippen LogP contribution in [0.3, 0.4) is 0 Å². The molecule has 126 valence electrons. The molecule has 8 heteroatoms. The van der Waals surface area contributed by atoms with Gasteiger partial charge in [-0.25, -0.2) is 9.69 Å². The summed E-state index contributed by atoms with van der Waals surface area (Å²) >= 11 is 1.45. The van der Waals surface area contributed by atoms with Crippen LogP contribution < -0.4 is 19.7 Å². The van der Waals surface area contributed by atoms with E-state index in [1.807, 2.05) is 19.1 Å². The topological polar surface area (TPSA) is 84.9 Å². The number of benzene rings is 1. The van der Waals surface area contributed by atoms with Gasteiger partial charge in [0.15, 0.2) is 11.5 Å². The van der Waals surface area contributed by atoms with Crippen molar-refractivity contribution in [3.63, 3.8) is 0 Å². The Balaban J connectivity index is 1.72. The number of carbonyl (C=O) groups is 3. The van der Waals surface area contributed by atoms with Gasteiger partial charge in [-0.05, 0) is 37.3 Å². The van der Waals surface area contributed by atoms with E-state index in [2.05, 4.69) is 5.32 Å². The normalized spacial score (nSPS) is 18.0. The van der Waals surface area contributed by atoms with Crippen molar-refractivity contribution in [2.24, 2.45) is 0 Å². The van der Waals surface area contributed by atoms with Gasteiger partial charge in [-0.1, -0.05) is 0 Å². The number of carbonyl (C=O) groups excluding carboxylic acids is 3. The molecule has 0 atom stereocenters. The molecule has 1 saturated heterocycles. The lowest BCUT2D eigenvalue weighted by molar-refractivity contribution is -0.122. The number of anilines is 1. The Morgan fingerprint density at radius 2 is 1.92 bits per heavy atom. The van der Waals surface area contributed by atoms with E-state index in [1.54, 1.807) is 12.1 Å². The van der Waals surface area contributed by atoms with Crippen molar-refractivity contribution < 1.29 is 23.9 Å². The molecule has 0 bridgehead atoms. The van der Waals surface area contributed by atoms with Gasteiger partial charge in [-0.3, -0.25) is 14.9 Å². The van der Waals surface area contributed by atoms with E-state index in [0.29, 0.717) is 17.2 Å². The fourth-order valence-electron chi connectivity index (χ4n) is 2.59. The maximum absolute atomic E-state index is 12.8. The molecule has 0 unspecified atom stereocenters. The van der Waals surface area contributed by atoms with Gasteiger partial charge in [0.05, 0.1) is 5.69 Å². The third-order valence-corrected chi connectivity index (χ3v) is 4.71. The molecule has 1 aromatic heterocycles. The van der Waals surface area contributed by atoms with Crippen LogP contribution in [0.2, 0.25) is 0 Å². The number of hydrogen-bond donors (Lipinski definition) is 1. The van der Waals surface area contributed by atoms with Gasteiger partial charge >= 0.3 is 6.03 Å². The summed E-state index contributed by atoms with van der Waals surface area (Å²) in [4.78, 5) is 39.8. The van der Waals surface area contributed by atoms with Crippen LogP contribution in [0, 0.1) is 6.92 Å². The molecule has 1 fully saturated rings. The van der Waals surface area contributed by atoms with Crippen LogP contribution in [-0.2, 0) is 9.59 Å². The number of amides is 4. The Morgan fingerprint density at radius 3 is 2.68 bits per heavy atom. The summed E-state index contributed by atoms with van der Waals surface area (Å²) in [6.07, 6.45) is 1.49. The largest absolute Gasteiger partial charge is 0.454 e. The lowest BCUT2D eigenvalue weighted by Crippen LogP contribution is -2.54. The summed E-state index contributed by atoms with van der Waals surface area (Å²) < 4.78 is 10.5.